The van der Waals surface area contributed by atoms with E-state index in [0.717, 1.165) is 7.11 Å². The van der Waals surface area contributed by atoms with Crippen LogP contribution in [0.3, 0.4) is 0 Å². The van der Waals surface area contributed by atoms with E-state index < -0.39 is 30.5 Å². The maximum Gasteiger partial charge on any atom is 0.471 e. The zero-order valence-electron chi connectivity index (χ0n) is 13.1. The van der Waals surface area contributed by atoms with Gasteiger partial charge in [-0.2, -0.15) is 13.2 Å². The number of hydrogen-bond donors (Lipinski definition) is 0. The minimum Gasteiger partial charge on any atom is -0.469 e. The first kappa shape index (κ1) is 17.9. The Hall–Kier alpha value is -2.45. The molecule has 0 aliphatic carbocycles. The van der Waals surface area contributed by atoms with Crippen LogP contribution in [-0.4, -0.2) is 43.4 Å². The van der Waals surface area contributed by atoms with Crippen LogP contribution in [0.15, 0.2) is 18.2 Å². The molecule has 1 aliphatic rings. The Bertz CT molecular complexity index is 632. The summed E-state index contributed by atoms with van der Waals surface area (Å²) >= 11 is 0. The largest absolute Gasteiger partial charge is 0.471 e. The predicted molar refractivity (Wildman–Crippen MR) is 75.2 cm³/mol. The molecule has 2 rings (SSSR count). The number of ether oxygens (including phenoxy) is 3. The number of methoxy groups -OCH3 is 1. The summed E-state index contributed by atoms with van der Waals surface area (Å²) in [6.07, 6.45) is -5.04. The van der Waals surface area contributed by atoms with Crippen LogP contribution in [0, 0.1) is 5.92 Å². The van der Waals surface area contributed by atoms with Crippen molar-refractivity contribution in [3.63, 3.8) is 0 Å². The maximum atomic E-state index is 12.8. The van der Waals surface area contributed by atoms with Crippen LogP contribution in [0.2, 0.25) is 0 Å². The van der Waals surface area contributed by atoms with E-state index in [4.69, 9.17) is 9.47 Å². The number of nitrogens with zero attached hydrogens (tertiary/aromatic N) is 1. The molecular formula is C15H16F3NO5. The second-order valence-corrected chi connectivity index (χ2v) is 5.30. The highest BCUT2D eigenvalue weighted by Crippen LogP contribution is 2.33. The van der Waals surface area contributed by atoms with E-state index in [-0.39, 0.29) is 13.3 Å². The summed E-state index contributed by atoms with van der Waals surface area (Å²) in [5, 5.41) is 0. The van der Waals surface area contributed by atoms with E-state index in [0.29, 0.717) is 22.0 Å². The van der Waals surface area contributed by atoms with Crippen LogP contribution >= 0.6 is 0 Å². The van der Waals surface area contributed by atoms with Gasteiger partial charge in [0.1, 0.15) is 0 Å². The molecule has 6 nitrogen and oxygen atoms in total. The van der Waals surface area contributed by atoms with E-state index in [1.807, 2.05) is 0 Å². The molecule has 1 unspecified atom stereocenters. The number of hydrogen-bond acceptors (Lipinski definition) is 5. The van der Waals surface area contributed by atoms with Gasteiger partial charge in [-0.25, -0.2) is 0 Å². The molecule has 0 aromatic heterocycles. The lowest BCUT2D eigenvalue weighted by Gasteiger charge is -2.26. The van der Waals surface area contributed by atoms with Crippen LogP contribution in [0.5, 0.6) is 11.5 Å². The molecule has 1 aromatic carbocycles. The predicted octanol–water partition coefficient (Wildman–Crippen LogP) is 2.12. The molecule has 1 amide bonds. The van der Waals surface area contributed by atoms with E-state index >= 15 is 0 Å². The van der Waals surface area contributed by atoms with Crippen LogP contribution in [0.4, 0.5) is 13.2 Å². The van der Waals surface area contributed by atoms with Crippen molar-refractivity contribution in [3.8, 4) is 11.5 Å². The molecule has 0 fully saturated rings. The molecule has 0 N–H and O–H groups in total. The third-order valence-corrected chi connectivity index (χ3v) is 3.44. The van der Waals surface area contributed by atoms with Crippen molar-refractivity contribution >= 4 is 11.9 Å². The minimum absolute atomic E-state index is 0.0311. The standard InChI is InChI=1S/C15H16F3NO5/c1-9(13(20)22-2)6-19(14(21)15(16,17)18)7-10-3-4-11-12(5-10)24-8-23-11/h3-5,9H,6-8H2,1-2H3. The summed E-state index contributed by atoms with van der Waals surface area (Å²) in [5.74, 6) is -2.73. The number of benzene rings is 1. The third kappa shape index (κ3) is 4.09. The molecule has 0 saturated heterocycles. The summed E-state index contributed by atoms with van der Waals surface area (Å²) in [5.41, 5.74) is 0.425. The highest BCUT2D eigenvalue weighted by molar-refractivity contribution is 5.82. The summed E-state index contributed by atoms with van der Waals surface area (Å²) in [6.45, 7) is 0.682. The summed E-state index contributed by atoms with van der Waals surface area (Å²) in [6, 6.07) is 4.59. The molecule has 0 spiro atoms. The summed E-state index contributed by atoms with van der Waals surface area (Å²) < 4.78 is 53.2. The second-order valence-electron chi connectivity index (χ2n) is 5.30. The zero-order chi connectivity index (χ0) is 17.9. The lowest BCUT2D eigenvalue weighted by molar-refractivity contribution is -0.187. The SMILES string of the molecule is COC(=O)C(C)CN(Cc1ccc2c(c1)OCO2)C(=O)C(F)(F)F. The van der Waals surface area contributed by atoms with Gasteiger partial charge in [0, 0.05) is 13.1 Å². The third-order valence-electron chi connectivity index (χ3n) is 3.44. The van der Waals surface area contributed by atoms with Gasteiger partial charge in [0.15, 0.2) is 11.5 Å². The van der Waals surface area contributed by atoms with Crippen molar-refractivity contribution in [2.24, 2.45) is 5.92 Å². The van der Waals surface area contributed by atoms with E-state index in [1.165, 1.54) is 19.1 Å². The fourth-order valence-electron chi connectivity index (χ4n) is 2.26. The highest BCUT2D eigenvalue weighted by atomic mass is 19.4. The van der Waals surface area contributed by atoms with Crippen molar-refractivity contribution in [2.45, 2.75) is 19.6 Å². The second kappa shape index (κ2) is 6.98. The fourth-order valence-corrected chi connectivity index (χ4v) is 2.26. The number of esters is 1. The first-order valence-electron chi connectivity index (χ1n) is 7.05. The van der Waals surface area contributed by atoms with Gasteiger partial charge < -0.3 is 19.1 Å². The minimum atomic E-state index is -5.04. The monoisotopic (exact) mass is 347 g/mol. The van der Waals surface area contributed by atoms with Crippen LogP contribution in [0.1, 0.15) is 12.5 Å². The smallest absolute Gasteiger partial charge is 0.469 e. The van der Waals surface area contributed by atoms with Crippen molar-refractivity contribution in [3.05, 3.63) is 23.8 Å². The Morgan fingerprint density at radius 2 is 1.96 bits per heavy atom. The average molecular weight is 347 g/mol. The van der Waals surface area contributed by atoms with Gasteiger partial charge in [0.25, 0.3) is 0 Å². The number of carbonyl (C=O) groups is 2. The molecular weight excluding hydrogens is 331 g/mol. The molecule has 0 saturated carbocycles. The quantitative estimate of drug-likeness (QED) is 0.764. The Kier molecular flexibility index (Phi) is 5.20. The first-order valence-corrected chi connectivity index (χ1v) is 7.05. The molecule has 132 valence electrons. The van der Waals surface area contributed by atoms with Crippen LogP contribution < -0.4 is 9.47 Å². The normalized spacial score (nSPS) is 14.2. The molecule has 1 atom stereocenters. The number of amides is 1. The molecule has 9 heteroatoms. The maximum absolute atomic E-state index is 12.8. The van der Waals surface area contributed by atoms with Crippen molar-refractivity contribution in [1.82, 2.24) is 4.90 Å². The van der Waals surface area contributed by atoms with Crippen LogP contribution in [0.25, 0.3) is 0 Å². The fraction of sp³-hybridized carbons (Fsp3) is 0.467. The van der Waals surface area contributed by atoms with Gasteiger partial charge in [-0.1, -0.05) is 13.0 Å². The van der Waals surface area contributed by atoms with Gasteiger partial charge >= 0.3 is 18.1 Å². The number of rotatable bonds is 5. The molecule has 0 bridgehead atoms. The first-order chi connectivity index (χ1) is 11.2. The summed E-state index contributed by atoms with van der Waals surface area (Å²) in [7, 11) is 1.13. The Morgan fingerprint density at radius 3 is 2.58 bits per heavy atom. The van der Waals surface area contributed by atoms with Crippen molar-refractivity contribution < 1.29 is 37.0 Å². The Balaban J connectivity index is 2.19. The molecule has 0 radical (unpaired) electrons. The molecule has 1 heterocycles. The molecule has 1 aliphatic heterocycles. The van der Waals surface area contributed by atoms with E-state index in [2.05, 4.69) is 4.74 Å². The number of alkyl halides is 3. The Labute approximate surface area is 136 Å². The lowest BCUT2D eigenvalue weighted by atomic mass is 10.1. The molecule has 1 aromatic rings. The van der Waals surface area contributed by atoms with Crippen LogP contribution in [-0.2, 0) is 20.9 Å². The summed E-state index contributed by atoms with van der Waals surface area (Å²) in [4.78, 5) is 23.7. The molecule has 24 heavy (non-hydrogen) atoms. The van der Waals surface area contributed by atoms with Gasteiger partial charge in [-0.05, 0) is 17.7 Å². The van der Waals surface area contributed by atoms with Crippen molar-refractivity contribution in [1.29, 1.82) is 0 Å². The average Bonchev–Trinajstić information content (AvgIpc) is 2.99. The zero-order valence-corrected chi connectivity index (χ0v) is 13.1. The number of halogens is 3. The lowest BCUT2D eigenvalue weighted by Crippen LogP contribution is -2.44. The Morgan fingerprint density at radius 1 is 1.29 bits per heavy atom. The van der Waals surface area contributed by atoms with E-state index in [9.17, 15) is 22.8 Å². The van der Waals surface area contributed by atoms with Gasteiger partial charge in [0.2, 0.25) is 6.79 Å². The van der Waals surface area contributed by atoms with Crippen molar-refractivity contribution in [2.75, 3.05) is 20.4 Å². The highest BCUT2D eigenvalue weighted by Gasteiger charge is 2.43. The number of carbonyl (C=O) groups excluding carboxylic acids is 2. The van der Waals surface area contributed by atoms with Gasteiger partial charge in [-0.15, -0.1) is 0 Å². The van der Waals surface area contributed by atoms with Gasteiger partial charge in [0.05, 0.1) is 13.0 Å². The number of fused-ring (bicyclic) bond motifs is 1. The van der Waals surface area contributed by atoms with E-state index in [1.54, 1.807) is 6.07 Å². The topological polar surface area (TPSA) is 65.1 Å². The van der Waals surface area contributed by atoms with Gasteiger partial charge in [-0.3, -0.25) is 9.59 Å².